The third-order valence-electron chi connectivity index (χ3n) is 7.17. The van der Waals surface area contributed by atoms with Gasteiger partial charge in [-0.2, -0.15) is 8.78 Å². The zero-order valence-corrected chi connectivity index (χ0v) is 20.7. The molecule has 0 unspecified atom stereocenters. The normalized spacial score (nSPS) is 26.6. The fourth-order valence-electron chi connectivity index (χ4n) is 5.69. The topological polar surface area (TPSA) is 113 Å². The molecule has 3 heterocycles. The van der Waals surface area contributed by atoms with E-state index in [1.54, 1.807) is 11.3 Å². The number of pyridine rings is 1. The van der Waals surface area contributed by atoms with Gasteiger partial charge in [-0.25, -0.2) is 19.3 Å². The lowest BCUT2D eigenvalue weighted by atomic mass is 9.68. The van der Waals surface area contributed by atoms with Crippen molar-refractivity contribution in [1.29, 1.82) is 0 Å². The lowest BCUT2D eigenvalue weighted by molar-refractivity contribution is -0.180. The number of nitrogens with zero attached hydrogens (tertiary/aromatic N) is 4. The van der Waals surface area contributed by atoms with Crippen LogP contribution in [0.25, 0.3) is 16.8 Å². The number of ether oxygens (including phenoxy) is 1. The lowest BCUT2D eigenvalue weighted by Gasteiger charge is -2.46. The number of hydrogen-bond acceptors (Lipinski definition) is 7. The van der Waals surface area contributed by atoms with E-state index in [1.807, 2.05) is 0 Å². The van der Waals surface area contributed by atoms with E-state index in [0.29, 0.717) is 27.5 Å². The highest BCUT2D eigenvalue weighted by atomic mass is 35.5. The summed E-state index contributed by atoms with van der Waals surface area (Å²) in [6, 6.07) is 5.49. The van der Waals surface area contributed by atoms with Crippen LogP contribution in [0.3, 0.4) is 0 Å². The maximum Gasteiger partial charge on any atom is 0.387 e. The largest absolute Gasteiger partial charge is 0.435 e. The fourth-order valence-corrected chi connectivity index (χ4v) is 5.87. The molecule has 8 nitrogen and oxygen atoms in total. The number of fused-ring (bicyclic) bond motifs is 3. The molecule has 38 heavy (non-hydrogen) atoms. The molecule has 12 heteroatoms. The number of benzene rings is 1. The van der Waals surface area contributed by atoms with Crippen molar-refractivity contribution in [2.75, 3.05) is 0 Å². The maximum absolute atomic E-state index is 15.2. The Labute approximate surface area is 219 Å². The maximum atomic E-state index is 15.2. The van der Waals surface area contributed by atoms with Crippen molar-refractivity contribution in [2.24, 2.45) is 0 Å². The average Bonchev–Trinajstić information content (AvgIpc) is 3.35. The second-order valence-electron chi connectivity index (χ2n) is 10.2. The van der Waals surface area contributed by atoms with Crippen LogP contribution >= 0.6 is 11.6 Å². The zero-order valence-electron chi connectivity index (χ0n) is 19.9. The highest BCUT2D eigenvalue weighted by Gasteiger charge is 2.53. The second-order valence-corrected chi connectivity index (χ2v) is 10.6. The summed E-state index contributed by atoms with van der Waals surface area (Å²) in [5, 5.41) is 31.7. The third-order valence-corrected chi connectivity index (χ3v) is 7.40. The molecule has 2 aliphatic rings. The number of halogens is 4. The fraction of sp³-hybridized carbons (Fsp3) is 0.346. The Morgan fingerprint density at radius 2 is 1.87 bits per heavy atom. The van der Waals surface area contributed by atoms with Crippen LogP contribution < -0.4 is 4.74 Å². The molecule has 0 spiro atoms. The van der Waals surface area contributed by atoms with Crippen molar-refractivity contribution < 1.29 is 33.2 Å². The molecule has 0 amide bonds. The van der Waals surface area contributed by atoms with Gasteiger partial charge in [0, 0.05) is 65.1 Å². The molecular weight excluding hydrogens is 525 g/mol. The van der Waals surface area contributed by atoms with Crippen LogP contribution in [0, 0.1) is 5.82 Å². The Balaban J connectivity index is 1.43. The SMILES string of the molecule is CC1(O)CC(O)(c2ncc(-c3cn4c5c(nc4cc3F)[C@H](O)C[C@@H]5c3cc(Cl)ccc3OC(F)F)cn2)C1. The summed E-state index contributed by atoms with van der Waals surface area (Å²) in [6.07, 6.45) is 3.56. The first-order valence-corrected chi connectivity index (χ1v) is 12.2. The Kier molecular flexibility index (Phi) is 5.69. The molecule has 1 aromatic carbocycles. The van der Waals surface area contributed by atoms with E-state index in [2.05, 4.69) is 15.0 Å². The molecule has 0 aliphatic heterocycles. The van der Waals surface area contributed by atoms with Crippen molar-refractivity contribution >= 4 is 17.2 Å². The highest BCUT2D eigenvalue weighted by molar-refractivity contribution is 6.30. The Hall–Kier alpha value is -3.25. The van der Waals surface area contributed by atoms with Gasteiger partial charge in [0.2, 0.25) is 0 Å². The van der Waals surface area contributed by atoms with E-state index < -0.39 is 35.7 Å². The summed E-state index contributed by atoms with van der Waals surface area (Å²) < 4.78 is 47.7. The predicted molar refractivity (Wildman–Crippen MR) is 129 cm³/mol. The van der Waals surface area contributed by atoms with Gasteiger partial charge >= 0.3 is 6.61 Å². The molecule has 0 saturated heterocycles. The van der Waals surface area contributed by atoms with Crippen molar-refractivity contribution in [2.45, 2.75) is 56.0 Å². The summed E-state index contributed by atoms with van der Waals surface area (Å²) in [6.45, 7) is -1.45. The Morgan fingerprint density at radius 1 is 1.16 bits per heavy atom. The van der Waals surface area contributed by atoms with Gasteiger partial charge in [-0.15, -0.1) is 0 Å². The van der Waals surface area contributed by atoms with Crippen LogP contribution in [0.2, 0.25) is 5.02 Å². The molecule has 4 aromatic rings. The molecular formula is C26H22ClF3N4O4. The first kappa shape index (κ1) is 25.1. The molecule has 0 radical (unpaired) electrons. The molecule has 198 valence electrons. The number of imidazole rings is 1. The summed E-state index contributed by atoms with van der Waals surface area (Å²) in [4.78, 5) is 12.8. The van der Waals surface area contributed by atoms with E-state index in [-0.39, 0.29) is 42.0 Å². The van der Waals surface area contributed by atoms with E-state index in [0.717, 1.165) is 0 Å². The predicted octanol–water partition coefficient (Wildman–Crippen LogP) is 4.49. The number of rotatable bonds is 5. The number of aromatic nitrogens is 4. The third kappa shape index (κ3) is 4.10. The number of alkyl halides is 2. The molecule has 6 rings (SSSR count). The Morgan fingerprint density at radius 3 is 2.53 bits per heavy atom. The molecule has 1 saturated carbocycles. The molecule has 3 aromatic heterocycles. The van der Waals surface area contributed by atoms with Gasteiger partial charge < -0.3 is 24.5 Å². The summed E-state index contributed by atoms with van der Waals surface area (Å²) >= 11 is 6.17. The van der Waals surface area contributed by atoms with Crippen LogP contribution in [0.4, 0.5) is 13.2 Å². The highest BCUT2D eigenvalue weighted by Crippen LogP contribution is 2.48. The van der Waals surface area contributed by atoms with E-state index >= 15 is 4.39 Å². The standard InChI is InChI=1S/C26H22ClF3N4O4/c1-25(36)10-26(37,11-25)23-31-7-12(8-32-23)16-9-34-20(6-17(16)28)33-21-18(35)5-15(22(21)34)14-4-13(27)2-3-19(14)38-24(29)30/h2-4,6-9,15,18,24,35-37H,5,10-11H2,1H3/t15-,18-,25?,26?/m1/s1. The van der Waals surface area contributed by atoms with Gasteiger partial charge in [0.05, 0.1) is 23.1 Å². The van der Waals surface area contributed by atoms with E-state index in [4.69, 9.17) is 16.3 Å². The van der Waals surface area contributed by atoms with Gasteiger partial charge in [0.15, 0.2) is 5.82 Å². The molecule has 2 atom stereocenters. The number of aliphatic hydroxyl groups is 3. The zero-order chi connectivity index (χ0) is 27.0. The Bertz CT molecular complexity index is 1550. The minimum Gasteiger partial charge on any atom is -0.435 e. The van der Waals surface area contributed by atoms with Gasteiger partial charge in [-0.05, 0) is 31.5 Å². The quantitative estimate of drug-likeness (QED) is 0.338. The number of hydrogen-bond donors (Lipinski definition) is 3. The first-order chi connectivity index (χ1) is 17.9. The first-order valence-electron chi connectivity index (χ1n) is 11.9. The van der Waals surface area contributed by atoms with Crippen LogP contribution in [0.5, 0.6) is 5.75 Å². The van der Waals surface area contributed by atoms with E-state index in [1.165, 1.54) is 42.9 Å². The van der Waals surface area contributed by atoms with Crippen LogP contribution in [-0.2, 0) is 5.60 Å². The second kappa shape index (κ2) is 8.63. The van der Waals surface area contributed by atoms with Crippen LogP contribution in [0.15, 0.2) is 42.9 Å². The molecule has 0 bridgehead atoms. The van der Waals surface area contributed by atoms with Gasteiger partial charge in [0.1, 0.15) is 22.8 Å². The van der Waals surface area contributed by atoms with E-state index in [9.17, 15) is 24.1 Å². The summed E-state index contributed by atoms with van der Waals surface area (Å²) in [7, 11) is 0. The van der Waals surface area contributed by atoms with Crippen molar-refractivity contribution in [3.05, 3.63) is 76.5 Å². The van der Waals surface area contributed by atoms with Gasteiger partial charge in [-0.3, -0.25) is 0 Å². The smallest absolute Gasteiger partial charge is 0.387 e. The van der Waals surface area contributed by atoms with Crippen molar-refractivity contribution in [1.82, 2.24) is 19.4 Å². The molecule has 1 fully saturated rings. The van der Waals surface area contributed by atoms with Crippen molar-refractivity contribution in [3.8, 4) is 16.9 Å². The van der Waals surface area contributed by atoms with Gasteiger partial charge in [-0.1, -0.05) is 11.6 Å². The average molecular weight is 547 g/mol. The minimum atomic E-state index is -3.06. The van der Waals surface area contributed by atoms with Crippen molar-refractivity contribution in [3.63, 3.8) is 0 Å². The summed E-state index contributed by atoms with van der Waals surface area (Å²) in [5.41, 5.74) is -0.521. The summed E-state index contributed by atoms with van der Waals surface area (Å²) in [5.74, 6) is -1.17. The monoisotopic (exact) mass is 546 g/mol. The van der Waals surface area contributed by atoms with Gasteiger partial charge in [0.25, 0.3) is 0 Å². The lowest BCUT2D eigenvalue weighted by Crippen LogP contribution is -2.53. The minimum absolute atomic E-state index is 0.0800. The van der Waals surface area contributed by atoms with Crippen LogP contribution in [0.1, 0.15) is 61.0 Å². The molecule has 3 N–H and O–H groups in total. The van der Waals surface area contributed by atoms with Crippen LogP contribution in [-0.4, -0.2) is 46.9 Å². The molecule has 2 aliphatic carbocycles. The number of aliphatic hydroxyl groups excluding tert-OH is 1.